The Hall–Kier alpha value is -1.89. The minimum Gasteiger partial charge on any atom is -0.312 e. The molecule has 7 heteroatoms. The van der Waals surface area contributed by atoms with Gasteiger partial charge in [-0.05, 0) is 42.3 Å². The summed E-state index contributed by atoms with van der Waals surface area (Å²) >= 11 is 5.77. The third-order valence-corrected chi connectivity index (χ3v) is 5.65. The summed E-state index contributed by atoms with van der Waals surface area (Å²) in [4.78, 5) is 14.0. The lowest BCUT2D eigenvalue weighted by Crippen LogP contribution is -2.31. The van der Waals surface area contributed by atoms with Crippen LogP contribution < -0.4 is 9.62 Å². The van der Waals surface area contributed by atoms with Gasteiger partial charge >= 0.3 is 0 Å². The predicted octanol–water partition coefficient (Wildman–Crippen LogP) is 2.67. The van der Waals surface area contributed by atoms with Crippen molar-refractivity contribution in [2.75, 3.05) is 18.0 Å². The molecule has 1 saturated heterocycles. The number of rotatable bonds is 5. The Bertz CT molecular complexity index is 823. The molecule has 2 aromatic carbocycles. The van der Waals surface area contributed by atoms with Crippen LogP contribution in [0.1, 0.15) is 6.42 Å². The van der Waals surface area contributed by atoms with Crippen LogP contribution in [0.4, 0.5) is 5.69 Å². The normalized spacial score (nSPS) is 18.1. The molecule has 0 saturated carbocycles. The topological polar surface area (TPSA) is 66.5 Å². The average Bonchev–Trinajstić information content (AvgIpc) is 2.95. The molecule has 0 unspecified atom stereocenters. The number of nitrogens with one attached hydrogen (secondary N) is 1. The van der Waals surface area contributed by atoms with E-state index in [2.05, 4.69) is 4.72 Å². The number of benzene rings is 2. The van der Waals surface area contributed by atoms with Gasteiger partial charge in [0.2, 0.25) is 15.9 Å². The van der Waals surface area contributed by atoms with Crippen molar-refractivity contribution >= 4 is 33.2 Å². The Kier molecular flexibility index (Phi) is 4.89. The first-order chi connectivity index (χ1) is 11.5. The van der Waals surface area contributed by atoms with Crippen LogP contribution in [0.5, 0.6) is 0 Å². The summed E-state index contributed by atoms with van der Waals surface area (Å²) in [7, 11) is -3.60. The molecule has 1 heterocycles. The van der Waals surface area contributed by atoms with Crippen LogP contribution in [-0.4, -0.2) is 27.4 Å². The number of nitrogens with zero attached hydrogens (tertiary/aromatic N) is 1. The third-order valence-electron chi connectivity index (χ3n) is 3.96. The molecule has 1 amide bonds. The summed E-state index contributed by atoms with van der Waals surface area (Å²) < 4.78 is 27.1. The summed E-state index contributed by atoms with van der Waals surface area (Å²) in [6, 6.07) is 15.4. The SMILES string of the molecule is O=C1C[C@H](CNS(=O)(=O)c2ccc(Cl)cc2)CN1c1ccccc1. The maximum Gasteiger partial charge on any atom is 0.240 e. The minimum absolute atomic E-state index is 0.0110. The molecule has 1 N–H and O–H groups in total. The number of anilines is 1. The number of para-hydroxylation sites is 1. The van der Waals surface area contributed by atoms with Crippen LogP contribution in [-0.2, 0) is 14.8 Å². The van der Waals surface area contributed by atoms with E-state index in [0.717, 1.165) is 5.69 Å². The van der Waals surface area contributed by atoms with E-state index in [1.165, 1.54) is 24.3 Å². The zero-order valence-electron chi connectivity index (χ0n) is 12.9. The summed E-state index contributed by atoms with van der Waals surface area (Å²) in [5.41, 5.74) is 0.838. The first-order valence-corrected chi connectivity index (χ1v) is 9.42. The van der Waals surface area contributed by atoms with Crippen molar-refractivity contribution in [2.45, 2.75) is 11.3 Å². The summed E-state index contributed by atoms with van der Waals surface area (Å²) in [5.74, 6) is -0.0447. The quantitative estimate of drug-likeness (QED) is 0.887. The van der Waals surface area contributed by atoms with Gasteiger partial charge in [0.25, 0.3) is 0 Å². The highest BCUT2D eigenvalue weighted by Crippen LogP contribution is 2.24. The van der Waals surface area contributed by atoms with Crippen LogP contribution in [0.15, 0.2) is 59.5 Å². The average molecular weight is 365 g/mol. The van der Waals surface area contributed by atoms with Crippen molar-refractivity contribution < 1.29 is 13.2 Å². The molecule has 1 aliphatic heterocycles. The van der Waals surface area contributed by atoms with E-state index in [1.54, 1.807) is 4.90 Å². The Labute approximate surface area is 146 Å². The molecule has 0 spiro atoms. The van der Waals surface area contributed by atoms with E-state index < -0.39 is 10.0 Å². The fourth-order valence-corrected chi connectivity index (χ4v) is 3.94. The number of sulfonamides is 1. The van der Waals surface area contributed by atoms with Crippen molar-refractivity contribution in [3.8, 4) is 0 Å². The first-order valence-electron chi connectivity index (χ1n) is 7.56. The first kappa shape index (κ1) is 17.0. The second-order valence-corrected chi connectivity index (χ2v) is 7.92. The van der Waals surface area contributed by atoms with Gasteiger partial charge < -0.3 is 4.90 Å². The maximum atomic E-state index is 12.3. The van der Waals surface area contributed by atoms with Crippen molar-refractivity contribution in [3.05, 3.63) is 59.6 Å². The molecule has 1 fully saturated rings. The monoisotopic (exact) mass is 364 g/mol. The van der Waals surface area contributed by atoms with Crippen LogP contribution in [0.3, 0.4) is 0 Å². The lowest BCUT2D eigenvalue weighted by molar-refractivity contribution is -0.117. The van der Waals surface area contributed by atoms with Crippen LogP contribution in [0.2, 0.25) is 5.02 Å². The van der Waals surface area contributed by atoms with Gasteiger partial charge in [0, 0.05) is 30.2 Å². The highest BCUT2D eigenvalue weighted by Gasteiger charge is 2.31. The molecule has 0 bridgehead atoms. The molecular formula is C17H17ClN2O3S. The molecule has 5 nitrogen and oxygen atoms in total. The van der Waals surface area contributed by atoms with E-state index in [0.29, 0.717) is 18.0 Å². The Morgan fingerprint density at radius 2 is 1.75 bits per heavy atom. The van der Waals surface area contributed by atoms with Gasteiger partial charge in [0.05, 0.1) is 4.90 Å². The standard InChI is InChI=1S/C17H17ClN2O3S/c18-14-6-8-16(9-7-14)24(22,23)19-11-13-10-17(21)20(12-13)15-4-2-1-3-5-15/h1-9,13,19H,10-12H2/t13-/m1/s1. The fourth-order valence-electron chi connectivity index (χ4n) is 2.70. The Morgan fingerprint density at radius 3 is 2.42 bits per heavy atom. The van der Waals surface area contributed by atoms with Crippen molar-refractivity contribution in [1.29, 1.82) is 0 Å². The van der Waals surface area contributed by atoms with Crippen LogP contribution in [0, 0.1) is 5.92 Å². The highest BCUT2D eigenvalue weighted by molar-refractivity contribution is 7.89. The van der Waals surface area contributed by atoms with Crippen molar-refractivity contribution in [2.24, 2.45) is 5.92 Å². The molecule has 1 atom stereocenters. The lowest BCUT2D eigenvalue weighted by atomic mass is 10.1. The van der Waals surface area contributed by atoms with E-state index in [1.807, 2.05) is 30.3 Å². The van der Waals surface area contributed by atoms with E-state index in [4.69, 9.17) is 11.6 Å². The number of hydrogen-bond acceptors (Lipinski definition) is 3. The zero-order chi connectivity index (χ0) is 17.2. The number of carbonyl (C=O) groups excluding carboxylic acids is 1. The Balaban J connectivity index is 1.63. The van der Waals surface area contributed by atoms with Crippen molar-refractivity contribution in [1.82, 2.24) is 4.72 Å². The second-order valence-electron chi connectivity index (χ2n) is 5.72. The molecule has 24 heavy (non-hydrogen) atoms. The van der Waals surface area contributed by atoms with Crippen molar-refractivity contribution in [3.63, 3.8) is 0 Å². The summed E-state index contributed by atoms with van der Waals surface area (Å²) in [5, 5.41) is 0.480. The summed E-state index contributed by atoms with van der Waals surface area (Å²) in [6.07, 6.45) is 0.331. The number of carbonyl (C=O) groups is 1. The molecule has 0 aliphatic carbocycles. The largest absolute Gasteiger partial charge is 0.312 e. The number of amides is 1. The third kappa shape index (κ3) is 3.77. The predicted molar refractivity (Wildman–Crippen MR) is 93.5 cm³/mol. The van der Waals surface area contributed by atoms with Gasteiger partial charge in [-0.1, -0.05) is 29.8 Å². The van der Waals surface area contributed by atoms with Gasteiger partial charge in [-0.3, -0.25) is 4.79 Å². The van der Waals surface area contributed by atoms with E-state index in [9.17, 15) is 13.2 Å². The van der Waals surface area contributed by atoms with Gasteiger partial charge in [-0.2, -0.15) is 0 Å². The van der Waals surface area contributed by atoms with Gasteiger partial charge in [-0.25, -0.2) is 13.1 Å². The van der Waals surface area contributed by atoms with Gasteiger partial charge in [0.15, 0.2) is 0 Å². The number of hydrogen-bond donors (Lipinski definition) is 1. The van der Waals surface area contributed by atoms with E-state index >= 15 is 0 Å². The molecule has 0 radical (unpaired) electrons. The van der Waals surface area contributed by atoms with Crippen LogP contribution in [0.25, 0.3) is 0 Å². The fraction of sp³-hybridized carbons (Fsp3) is 0.235. The highest BCUT2D eigenvalue weighted by atomic mass is 35.5. The molecule has 3 rings (SSSR count). The van der Waals surface area contributed by atoms with Gasteiger partial charge in [-0.15, -0.1) is 0 Å². The second kappa shape index (κ2) is 6.93. The Morgan fingerprint density at radius 1 is 1.08 bits per heavy atom. The zero-order valence-corrected chi connectivity index (χ0v) is 14.4. The molecular weight excluding hydrogens is 348 g/mol. The maximum absolute atomic E-state index is 12.3. The smallest absolute Gasteiger partial charge is 0.240 e. The molecule has 126 valence electrons. The number of halogens is 1. The minimum atomic E-state index is -3.60. The molecule has 1 aliphatic rings. The molecule has 2 aromatic rings. The van der Waals surface area contributed by atoms with Gasteiger partial charge in [0.1, 0.15) is 0 Å². The van der Waals surface area contributed by atoms with Crippen LogP contribution >= 0.6 is 11.6 Å². The molecule has 0 aromatic heterocycles. The summed E-state index contributed by atoms with van der Waals surface area (Å²) in [6.45, 7) is 0.728. The lowest BCUT2D eigenvalue weighted by Gasteiger charge is -2.17. The van der Waals surface area contributed by atoms with E-state index in [-0.39, 0.29) is 23.3 Å².